The van der Waals surface area contributed by atoms with Crippen molar-refractivity contribution >= 4 is 27.5 Å². The Bertz CT molecular complexity index is 975. The van der Waals surface area contributed by atoms with Crippen LogP contribution in [-0.4, -0.2) is 49.4 Å². The van der Waals surface area contributed by atoms with Crippen LogP contribution >= 0.6 is 11.6 Å². The van der Waals surface area contributed by atoms with Crippen molar-refractivity contribution in [2.75, 3.05) is 25.9 Å². The zero-order valence-electron chi connectivity index (χ0n) is 17.2. The molecule has 0 bridgehead atoms. The molecule has 1 aliphatic heterocycles. The zero-order valence-corrected chi connectivity index (χ0v) is 18.8. The molecule has 0 radical (unpaired) electrons. The van der Waals surface area contributed by atoms with Gasteiger partial charge in [0.15, 0.2) is 0 Å². The lowest BCUT2D eigenvalue weighted by molar-refractivity contribution is -0.121. The third-order valence-electron chi connectivity index (χ3n) is 5.28. The third-order valence-corrected chi connectivity index (χ3v) is 6.85. The van der Waals surface area contributed by atoms with Gasteiger partial charge in [-0.15, -0.1) is 0 Å². The Kier molecular flexibility index (Phi) is 7.88. The molecule has 1 fully saturated rings. The highest BCUT2D eigenvalue weighted by Crippen LogP contribution is 2.19. The van der Waals surface area contributed by atoms with Gasteiger partial charge < -0.3 is 5.32 Å². The highest BCUT2D eigenvalue weighted by atomic mass is 35.5. The molecule has 0 aromatic heterocycles. The maximum Gasteiger partial charge on any atom is 0.235 e. The standard InChI is InChI=1S/C22H28ClN3O3S/c1-30(28,29)26(16-20-10-4-5-11-21(20)23)17-22(27)24-14-18-8-2-3-9-19(18)15-25-12-6-7-13-25/h2-5,8-11H,6-7,12-17H2,1H3,(H,24,27). The van der Waals surface area contributed by atoms with E-state index in [1.54, 1.807) is 24.3 Å². The summed E-state index contributed by atoms with van der Waals surface area (Å²) in [5.41, 5.74) is 2.90. The van der Waals surface area contributed by atoms with Crippen LogP contribution in [0.1, 0.15) is 29.5 Å². The molecule has 1 aliphatic rings. The first kappa shape index (κ1) is 22.7. The molecule has 3 rings (SSSR count). The van der Waals surface area contributed by atoms with Gasteiger partial charge in [0, 0.05) is 24.7 Å². The summed E-state index contributed by atoms with van der Waals surface area (Å²) in [4.78, 5) is 15.0. The Morgan fingerprint density at radius 2 is 1.63 bits per heavy atom. The van der Waals surface area contributed by atoms with Crippen molar-refractivity contribution < 1.29 is 13.2 Å². The lowest BCUT2D eigenvalue weighted by atomic mass is 10.1. The minimum atomic E-state index is -3.57. The molecule has 1 amide bonds. The summed E-state index contributed by atoms with van der Waals surface area (Å²) in [6, 6.07) is 15.1. The Morgan fingerprint density at radius 1 is 1.03 bits per heavy atom. The summed E-state index contributed by atoms with van der Waals surface area (Å²) < 4.78 is 25.5. The van der Waals surface area contributed by atoms with Crippen LogP contribution in [0.25, 0.3) is 0 Å². The van der Waals surface area contributed by atoms with Crippen molar-refractivity contribution in [3.8, 4) is 0 Å². The van der Waals surface area contributed by atoms with Gasteiger partial charge in [0.2, 0.25) is 15.9 Å². The molecule has 2 aromatic carbocycles. The number of hydrogen-bond donors (Lipinski definition) is 1. The van der Waals surface area contributed by atoms with Crippen molar-refractivity contribution in [2.45, 2.75) is 32.5 Å². The van der Waals surface area contributed by atoms with E-state index >= 15 is 0 Å². The van der Waals surface area contributed by atoms with Gasteiger partial charge in [-0.1, -0.05) is 54.1 Å². The predicted octanol–water partition coefficient (Wildman–Crippen LogP) is 3.01. The van der Waals surface area contributed by atoms with E-state index < -0.39 is 10.0 Å². The molecule has 162 valence electrons. The summed E-state index contributed by atoms with van der Waals surface area (Å²) in [7, 11) is -3.57. The lowest BCUT2D eigenvalue weighted by Crippen LogP contribution is -2.39. The van der Waals surface area contributed by atoms with Gasteiger partial charge in [0.05, 0.1) is 12.8 Å². The lowest BCUT2D eigenvalue weighted by Gasteiger charge is -2.21. The largest absolute Gasteiger partial charge is 0.351 e. The van der Waals surface area contributed by atoms with Crippen molar-refractivity contribution in [2.24, 2.45) is 0 Å². The summed E-state index contributed by atoms with van der Waals surface area (Å²) in [5.74, 6) is -0.344. The maximum absolute atomic E-state index is 12.5. The Hall–Kier alpha value is -1.93. The van der Waals surface area contributed by atoms with E-state index in [-0.39, 0.29) is 19.0 Å². The second-order valence-electron chi connectivity index (χ2n) is 7.65. The normalized spacial score (nSPS) is 14.9. The van der Waals surface area contributed by atoms with E-state index in [1.807, 2.05) is 18.2 Å². The smallest absolute Gasteiger partial charge is 0.235 e. The van der Waals surface area contributed by atoms with Crippen LogP contribution in [0.2, 0.25) is 5.02 Å². The van der Waals surface area contributed by atoms with Crippen molar-refractivity contribution in [3.63, 3.8) is 0 Å². The van der Waals surface area contributed by atoms with Crippen LogP contribution in [-0.2, 0) is 34.5 Å². The fourth-order valence-corrected chi connectivity index (χ4v) is 4.50. The number of nitrogens with zero attached hydrogens (tertiary/aromatic N) is 2. The molecule has 0 unspecified atom stereocenters. The molecule has 2 aromatic rings. The molecule has 0 aliphatic carbocycles. The van der Waals surface area contributed by atoms with Gasteiger partial charge in [-0.2, -0.15) is 4.31 Å². The number of nitrogens with one attached hydrogen (secondary N) is 1. The monoisotopic (exact) mass is 449 g/mol. The third kappa shape index (κ3) is 6.54. The van der Waals surface area contributed by atoms with E-state index in [0.717, 1.165) is 35.8 Å². The molecule has 0 atom stereocenters. The number of hydrogen-bond acceptors (Lipinski definition) is 4. The molecular formula is C22H28ClN3O3S. The van der Waals surface area contributed by atoms with E-state index in [4.69, 9.17) is 11.6 Å². The molecular weight excluding hydrogens is 422 g/mol. The molecule has 0 saturated carbocycles. The van der Waals surface area contributed by atoms with Crippen LogP contribution in [0.3, 0.4) is 0 Å². The zero-order chi connectivity index (χ0) is 21.6. The number of sulfonamides is 1. The molecule has 8 heteroatoms. The average Bonchev–Trinajstić information content (AvgIpc) is 3.21. The number of amides is 1. The van der Waals surface area contributed by atoms with Crippen LogP contribution in [0, 0.1) is 0 Å². The molecule has 1 saturated heterocycles. The van der Waals surface area contributed by atoms with Crippen molar-refractivity contribution in [1.82, 2.24) is 14.5 Å². The number of benzene rings is 2. The van der Waals surface area contributed by atoms with Gasteiger partial charge in [-0.05, 0) is 48.7 Å². The van der Waals surface area contributed by atoms with E-state index in [0.29, 0.717) is 17.1 Å². The summed E-state index contributed by atoms with van der Waals surface area (Å²) in [6.07, 6.45) is 3.56. The Morgan fingerprint density at radius 3 is 2.27 bits per heavy atom. The fraction of sp³-hybridized carbons (Fsp3) is 0.409. The Labute approximate surface area is 183 Å². The van der Waals surface area contributed by atoms with Gasteiger partial charge in [-0.3, -0.25) is 9.69 Å². The first-order valence-electron chi connectivity index (χ1n) is 10.1. The van der Waals surface area contributed by atoms with Crippen LogP contribution in [0.5, 0.6) is 0 Å². The molecule has 1 heterocycles. The van der Waals surface area contributed by atoms with E-state index in [9.17, 15) is 13.2 Å². The number of carbonyl (C=O) groups excluding carboxylic acids is 1. The SMILES string of the molecule is CS(=O)(=O)N(CC(=O)NCc1ccccc1CN1CCCC1)Cc1ccccc1Cl. The molecule has 1 N–H and O–H groups in total. The quantitative estimate of drug-likeness (QED) is 0.638. The highest BCUT2D eigenvalue weighted by molar-refractivity contribution is 7.88. The minimum absolute atomic E-state index is 0.0530. The summed E-state index contributed by atoms with van der Waals surface area (Å²) in [6.45, 7) is 3.24. The number of carbonyl (C=O) groups is 1. The maximum atomic E-state index is 12.5. The summed E-state index contributed by atoms with van der Waals surface area (Å²) in [5, 5.41) is 3.35. The first-order valence-corrected chi connectivity index (χ1v) is 12.3. The Balaban J connectivity index is 1.62. The van der Waals surface area contributed by atoms with Gasteiger partial charge >= 0.3 is 0 Å². The van der Waals surface area contributed by atoms with Crippen molar-refractivity contribution in [3.05, 3.63) is 70.2 Å². The second kappa shape index (κ2) is 10.4. The summed E-state index contributed by atoms with van der Waals surface area (Å²) >= 11 is 6.16. The molecule has 0 spiro atoms. The second-order valence-corrected chi connectivity index (χ2v) is 10.0. The van der Waals surface area contributed by atoms with E-state index in [2.05, 4.69) is 16.3 Å². The van der Waals surface area contributed by atoms with Crippen LogP contribution < -0.4 is 5.32 Å². The van der Waals surface area contributed by atoms with Crippen molar-refractivity contribution in [1.29, 1.82) is 0 Å². The number of rotatable bonds is 9. The fourth-order valence-electron chi connectivity index (χ4n) is 3.58. The average molecular weight is 450 g/mol. The van der Waals surface area contributed by atoms with Crippen LogP contribution in [0.4, 0.5) is 0 Å². The van der Waals surface area contributed by atoms with Crippen LogP contribution in [0.15, 0.2) is 48.5 Å². The first-order chi connectivity index (χ1) is 14.3. The van der Waals surface area contributed by atoms with Gasteiger partial charge in [-0.25, -0.2) is 8.42 Å². The number of halogens is 1. The van der Waals surface area contributed by atoms with Gasteiger partial charge in [0.1, 0.15) is 0 Å². The topological polar surface area (TPSA) is 69.7 Å². The minimum Gasteiger partial charge on any atom is -0.351 e. The van der Waals surface area contributed by atoms with Gasteiger partial charge in [0.25, 0.3) is 0 Å². The molecule has 30 heavy (non-hydrogen) atoms. The number of likely N-dealkylation sites (tertiary alicyclic amines) is 1. The predicted molar refractivity (Wildman–Crippen MR) is 120 cm³/mol. The van der Waals surface area contributed by atoms with E-state index in [1.165, 1.54) is 18.4 Å². The molecule has 6 nitrogen and oxygen atoms in total. The highest BCUT2D eigenvalue weighted by Gasteiger charge is 2.21.